The number of aromatic nitrogens is 1. The Morgan fingerprint density at radius 3 is 3.00 bits per heavy atom. The third-order valence-electron chi connectivity index (χ3n) is 2.87. The van der Waals surface area contributed by atoms with Gasteiger partial charge >= 0.3 is 0 Å². The van der Waals surface area contributed by atoms with Crippen molar-refractivity contribution < 1.29 is 9.21 Å². The number of carbonyl (C=O) groups is 1. The van der Waals surface area contributed by atoms with E-state index in [1.165, 1.54) is 17.7 Å². The lowest BCUT2D eigenvalue weighted by atomic mass is 10.2. The number of carbonyl (C=O) groups excluding carboxylic acids is 1. The number of halogens is 1. The van der Waals surface area contributed by atoms with E-state index in [1.807, 2.05) is 41.8 Å². The number of nitrogens with zero attached hydrogens (tertiary/aromatic N) is 1. The number of rotatable bonds is 4. The van der Waals surface area contributed by atoms with Gasteiger partial charge in [-0.3, -0.25) is 4.79 Å². The third kappa shape index (κ3) is 3.22. The van der Waals surface area contributed by atoms with Gasteiger partial charge in [-0.05, 0) is 29.1 Å². The van der Waals surface area contributed by atoms with Crippen molar-refractivity contribution in [2.75, 3.05) is 0 Å². The standard InChI is InChI=1S/C15H11BrN2O2S/c16-11-4-1-3-10(7-11)8-17-15(19)13-14(20-9-18-13)12-5-2-6-21-12/h1-7,9H,8H2,(H,17,19). The zero-order chi connectivity index (χ0) is 14.7. The van der Waals surface area contributed by atoms with E-state index in [1.54, 1.807) is 0 Å². The fourth-order valence-corrected chi connectivity index (χ4v) is 3.06. The molecular weight excluding hydrogens is 352 g/mol. The summed E-state index contributed by atoms with van der Waals surface area (Å²) in [6, 6.07) is 11.6. The molecule has 0 spiro atoms. The van der Waals surface area contributed by atoms with Gasteiger partial charge in [0.15, 0.2) is 17.8 Å². The number of oxazole rings is 1. The van der Waals surface area contributed by atoms with Crippen LogP contribution in [-0.2, 0) is 6.54 Å². The molecule has 2 heterocycles. The van der Waals surface area contributed by atoms with E-state index in [0.29, 0.717) is 18.0 Å². The highest BCUT2D eigenvalue weighted by Gasteiger charge is 2.18. The zero-order valence-corrected chi connectivity index (χ0v) is 13.3. The second-order valence-corrected chi connectivity index (χ2v) is 6.18. The minimum absolute atomic E-state index is 0.243. The maximum atomic E-state index is 12.2. The minimum Gasteiger partial charge on any atom is -0.442 e. The Morgan fingerprint density at radius 1 is 1.33 bits per heavy atom. The first-order valence-corrected chi connectivity index (χ1v) is 7.91. The fraction of sp³-hybridized carbons (Fsp3) is 0.0667. The Kier molecular flexibility index (Phi) is 4.17. The molecule has 0 aliphatic carbocycles. The molecule has 4 nitrogen and oxygen atoms in total. The van der Waals surface area contributed by atoms with Gasteiger partial charge in [0.2, 0.25) is 0 Å². The molecule has 0 unspecified atom stereocenters. The minimum atomic E-state index is -0.243. The number of amides is 1. The maximum Gasteiger partial charge on any atom is 0.274 e. The molecule has 0 saturated carbocycles. The molecule has 3 aromatic rings. The van der Waals surface area contributed by atoms with E-state index in [0.717, 1.165) is 14.9 Å². The summed E-state index contributed by atoms with van der Waals surface area (Å²) >= 11 is 4.92. The molecule has 0 aliphatic heterocycles. The lowest BCUT2D eigenvalue weighted by molar-refractivity contribution is 0.0947. The van der Waals surface area contributed by atoms with Gasteiger partial charge in [0, 0.05) is 11.0 Å². The molecule has 0 aliphatic rings. The Bertz CT molecular complexity index is 753. The van der Waals surface area contributed by atoms with Gasteiger partial charge in [0.25, 0.3) is 5.91 Å². The molecule has 1 N–H and O–H groups in total. The number of benzene rings is 1. The highest BCUT2D eigenvalue weighted by atomic mass is 79.9. The van der Waals surface area contributed by atoms with Crippen molar-refractivity contribution in [1.29, 1.82) is 0 Å². The van der Waals surface area contributed by atoms with Crippen LogP contribution in [0.25, 0.3) is 10.6 Å². The Labute approximate surface area is 134 Å². The van der Waals surface area contributed by atoms with Crippen LogP contribution in [0.3, 0.4) is 0 Å². The normalized spacial score (nSPS) is 10.5. The van der Waals surface area contributed by atoms with Gasteiger partial charge in [-0.15, -0.1) is 11.3 Å². The van der Waals surface area contributed by atoms with Gasteiger partial charge in [0.05, 0.1) is 4.88 Å². The van der Waals surface area contributed by atoms with Gasteiger partial charge in [-0.25, -0.2) is 4.98 Å². The molecule has 0 radical (unpaired) electrons. The molecule has 0 fully saturated rings. The van der Waals surface area contributed by atoms with Crippen LogP contribution in [0.2, 0.25) is 0 Å². The molecule has 6 heteroatoms. The fourth-order valence-electron chi connectivity index (χ4n) is 1.90. The largest absolute Gasteiger partial charge is 0.442 e. The summed E-state index contributed by atoms with van der Waals surface area (Å²) in [7, 11) is 0. The van der Waals surface area contributed by atoms with E-state index < -0.39 is 0 Å². The number of hydrogen-bond acceptors (Lipinski definition) is 4. The van der Waals surface area contributed by atoms with Gasteiger partial charge in [0.1, 0.15) is 0 Å². The predicted molar refractivity (Wildman–Crippen MR) is 85.1 cm³/mol. The monoisotopic (exact) mass is 362 g/mol. The van der Waals surface area contributed by atoms with E-state index in [9.17, 15) is 4.79 Å². The summed E-state index contributed by atoms with van der Waals surface area (Å²) < 4.78 is 6.31. The summed E-state index contributed by atoms with van der Waals surface area (Å²) in [4.78, 5) is 17.1. The van der Waals surface area contributed by atoms with Gasteiger partial charge in [-0.2, -0.15) is 0 Å². The van der Waals surface area contributed by atoms with E-state index in [-0.39, 0.29) is 5.91 Å². The third-order valence-corrected chi connectivity index (χ3v) is 4.23. The van der Waals surface area contributed by atoms with Crippen LogP contribution in [0.15, 0.2) is 57.1 Å². The van der Waals surface area contributed by atoms with Crippen LogP contribution in [-0.4, -0.2) is 10.9 Å². The second-order valence-electron chi connectivity index (χ2n) is 4.32. The van der Waals surface area contributed by atoms with Crippen LogP contribution in [0.5, 0.6) is 0 Å². The summed E-state index contributed by atoms with van der Waals surface area (Å²) in [6.45, 7) is 0.439. The van der Waals surface area contributed by atoms with Crippen molar-refractivity contribution in [2.24, 2.45) is 0 Å². The molecule has 0 atom stereocenters. The highest BCUT2D eigenvalue weighted by Crippen LogP contribution is 2.27. The highest BCUT2D eigenvalue weighted by molar-refractivity contribution is 9.10. The number of nitrogens with one attached hydrogen (secondary N) is 1. The topological polar surface area (TPSA) is 55.1 Å². The van der Waals surface area contributed by atoms with Gasteiger partial charge < -0.3 is 9.73 Å². The van der Waals surface area contributed by atoms with Crippen LogP contribution in [0.4, 0.5) is 0 Å². The first-order chi connectivity index (χ1) is 10.2. The summed E-state index contributed by atoms with van der Waals surface area (Å²) in [6.07, 6.45) is 1.29. The average molecular weight is 363 g/mol. The van der Waals surface area contributed by atoms with Crippen LogP contribution in [0, 0.1) is 0 Å². The number of thiophene rings is 1. The van der Waals surface area contributed by atoms with Gasteiger partial charge in [-0.1, -0.05) is 34.1 Å². The molecule has 1 amide bonds. The molecule has 2 aromatic heterocycles. The Hall–Kier alpha value is -1.92. The molecule has 21 heavy (non-hydrogen) atoms. The quantitative estimate of drug-likeness (QED) is 0.760. The summed E-state index contributed by atoms with van der Waals surface area (Å²) in [5, 5.41) is 4.78. The molecule has 0 saturated heterocycles. The first kappa shape index (κ1) is 14.0. The summed E-state index contributed by atoms with van der Waals surface area (Å²) in [5.74, 6) is 0.267. The van der Waals surface area contributed by atoms with Crippen molar-refractivity contribution in [3.8, 4) is 10.6 Å². The maximum absolute atomic E-state index is 12.2. The predicted octanol–water partition coefficient (Wildman–Crippen LogP) is 4.10. The van der Waals surface area contributed by atoms with Crippen molar-refractivity contribution in [1.82, 2.24) is 10.3 Å². The first-order valence-electron chi connectivity index (χ1n) is 6.24. The SMILES string of the molecule is O=C(NCc1cccc(Br)c1)c1ncoc1-c1cccs1. The lowest BCUT2D eigenvalue weighted by Crippen LogP contribution is -2.23. The average Bonchev–Trinajstić information content (AvgIpc) is 3.14. The molecule has 3 rings (SSSR count). The molecule has 0 bridgehead atoms. The Morgan fingerprint density at radius 2 is 2.24 bits per heavy atom. The van der Waals surface area contributed by atoms with E-state index >= 15 is 0 Å². The van der Waals surface area contributed by atoms with Crippen LogP contribution >= 0.6 is 27.3 Å². The molecular formula is C15H11BrN2O2S. The second kappa shape index (κ2) is 6.24. The molecule has 1 aromatic carbocycles. The Balaban J connectivity index is 1.73. The van der Waals surface area contributed by atoms with Crippen molar-refractivity contribution >= 4 is 33.2 Å². The van der Waals surface area contributed by atoms with Crippen LogP contribution in [0.1, 0.15) is 16.1 Å². The van der Waals surface area contributed by atoms with E-state index in [2.05, 4.69) is 26.2 Å². The molecule has 106 valence electrons. The van der Waals surface area contributed by atoms with Crippen molar-refractivity contribution in [3.05, 3.63) is 63.9 Å². The number of hydrogen-bond donors (Lipinski definition) is 1. The van der Waals surface area contributed by atoms with Crippen LogP contribution < -0.4 is 5.32 Å². The van der Waals surface area contributed by atoms with E-state index in [4.69, 9.17) is 4.42 Å². The summed E-state index contributed by atoms with van der Waals surface area (Å²) in [5.41, 5.74) is 1.33. The lowest BCUT2D eigenvalue weighted by Gasteiger charge is -2.04. The van der Waals surface area contributed by atoms with Crippen molar-refractivity contribution in [3.63, 3.8) is 0 Å². The smallest absolute Gasteiger partial charge is 0.274 e. The zero-order valence-electron chi connectivity index (χ0n) is 10.9. The van der Waals surface area contributed by atoms with Crippen molar-refractivity contribution in [2.45, 2.75) is 6.54 Å².